The predicted octanol–water partition coefficient (Wildman–Crippen LogP) is 2.46. The Morgan fingerprint density at radius 3 is 2.48 bits per heavy atom. The Labute approximate surface area is 126 Å². The standard InChI is InChI=1S/C16H26N2O3/c1-10-2-4-11(5-3-10)9-17-16(21)18-12-6-7-14(18)13(8-12)15(19)20/h10-14H,2-9H2,1H3,(H,17,21)(H,19,20). The average molecular weight is 294 g/mol. The van der Waals surface area contributed by atoms with Crippen LogP contribution in [0.1, 0.15) is 51.9 Å². The predicted molar refractivity (Wildman–Crippen MR) is 78.9 cm³/mol. The third-order valence-electron chi connectivity index (χ3n) is 5.77. The first kappa shape index (κ1) is 14.7. The molecular weight excluding hydrogens is 268 g/mol. The van der Waals surface area contributed by atoms with Gasteiger partial charge in [-0.05, 0) is 43.9 Å². The number of nitrogens with zero attached hydrogens (tertiary/aromatic N) is 1. The first-order valence-electron chi connectivity index (χ1n) is 8.35. The molecule has 2 heterocycles. The summed E-state index contributed by atoms with van der Waals surface area (Å²) in [5.74, 6) is 0.315. The summed E-state index contributed by atoms with van der Waals surface area (Å²) in [5, 5.41) is 12.3. The number of fused-ring (bicyclic) bond motifs is 2. The molecule has 3 fully saturated rings. The van der Waals surface area contributed by atoms with E-state index in [0.29, 0.717) is 12.3 Å². The maximum atomic E-state index is 12.4. The van der Waals surface area contributed by atoms with Crippen molar-refractivity contribution in [3.63, 3.8) is 0 Å². The van der Waals surface area contributed by atoms with Crippen LogP contribution in [0.4, 0.5) is 4.79 Å². The van der Waals surface area contributed by atoms with Gasteiger partial charge in [0.25, 0.3) is 0 Å². The van der Waals surface area contributed by atoms with Crippen LogP contribution in [0, 0.1) is 17.8 Å². The van der Waals surface area contributed by atoms with Crippen LogP contribution >= 0.6 is 0 Å². The second-order valence-corrected chi connectivity index (χ2v) is 7.20. The Kier molecular flexibility index (Phi) is 4.09. The molecule has 2 amide bonds. The first-order valence-corrected chi connectivity index (χ1v) is 8.35. The molecule has 0 aromatic rings. The van der Waals surface area contributed by atoms with E-state index in [0.717, 1.165) is 25.3 Å². The third kappa shape index (κ3) is 2.87. The fourth-order valence-corrected chi connectivity index (χ4v) is 4.43. The number of carboxylic acids is 1. The van der Waals surface area contributed by atoms with E-state index in [1.54, 1.807) is 0 Å². The zero-order chi connectivity index (χ0) is 15.0. The SMILES string of the molecule is CC1CCC(CNC(=O)N2C3CCC2C(C(=O)O)C3)CC1. The highest BCUT2D eigenvalue weighted by Gasteiger charge is 2.51. The van der Waals surface area contributed by atoms with Gasteiger partial charge in [-0.1, -0.05) is 19.8 Å². The van der Waals surface area contributed by atoms with E-state index in [1.807, 2.05) is 4.90 Å². The number of aliphatic carboxylic acids is 1. The summed E-state index contributed by atoms with van der Waals surface area (Å²) in [5.41, 5.74) is 0. The third-order valence-corrected chi connectivity index (χ3v) is 5.77. The zero-order valence-corrected chi connectivity index (χ0v) is 12.8. The minimum absolute atomic E-state index is 0.0372. The molecule has 118 valence electrons. The van der Waals surface area contributed by atoms with Crippen molar-refractivity contribution in [2.24, 2.45) is 17.8 Å². The molecule has 2 aliphatic heterocycles. The fourth-order valence-electron chi connectivity index (χ4n) is 4.43. The normalized spacial score (nSPS) is 38.5. The number of amides is 2. The van der Waals surface area contributed by atoms with Crippen LogP contribution in [0.25, 0.3) is 0 Å². The van der Waals surface area contributed by atoms with Crippen molar-refractivity contribution in [1.82, 2.24) is 10.2 Å². The summed E-state index contributed by atoms with van der Waals surface area (Å²) < 4.78 is 0. The molecule has 2 bridgehead atoms. The van der Waals surface area contributed by atoms with Gasteiger partial charge in [0, 0.05) is 18.6 Å². The summed E-state index contributed by atoms with van der Waals surface area (Å²) in [4.78, 5) is 25.5. The topological polar surface area (TPSA) is 69.6 Å². The number of rotatable bonds is 3. The van der Waals surface area contributed by atoms with Crippen molar-refractivity contribution < 1.29 is 14.7 Å². The smallest absolute Gasteiger partial charge is 0.317 e. The maximum absolute atomic E-state index is 12.4. The van der Waals surface area contributed by atoms with Crippen LogP contribution in [0.2, 0.25) is 0 Å². The number of urea groups is 1. The minimum atomic E-state index is -0.749. The highest BCUT2D eigenvalue weighted by molar-refractivity contribution is 5.79. The lowest BCUT2D eigenvalue weighted by Crippen LogP contribution is -2.45. The lowest BCUT2D eigenvalue weighted by Gasteiger charge is -2.28. The van der Waals surface area contributed by atoms with Crippen molar-refractivity contribution in [2.75, 3.05) is 6.54 Å². The molecular formula is C16H26N2O3. The second kappa shape index (κ2) is 5.85. The maximum Gasteiger partial charge on any atom is 0.317 e. The van der Waals surface area contributed by atoms with Gasteiger partial charge in [-0.3, -0.25) is 4.79 Å². The molecule has 2 saturated heterocycles. The number of hydrogen-bond donors (Lipinski definition) is 2. The monoisotopic (exact) mass is 294 g/mol. The minimum Gasteiger partial charge on any atom is -0.481 e. The zero-order valence-electron chi connectivity index (χ0n) is 12.8. The van der Waals surface area contributed by atoms with Gasteiger partial charge >= 0.3 is 12.0 Å². The molecule has 5 nitrogen and oxygen atoms in total. The fraction of sp³-hybridized carbons (Fsp3) is 0.875. The van der Waals surface area contributed by atoms with Crippen LogP contribution in [0.15, 0.2) is 0 Å². The lowest BCUT2D eigenvalue weighted by atomic mass is 9.83. The number of carbonyl (C=O) groups is 2. The van der Waals surface area contributed by atoms with Gasteiger partial charge in [0.15, 0.2) is 0 Å². The van der Waals surface area contributed by atoms with E-state index in [-0.39, 0.29) is 24.0 Å². The summed E-state index contributed by atoms with van der Waals surface area (Å²) in [7, 11) is 0. The molecule has 2 N–H and O–H groups in total. The van der Waals surface area contributed by atoms with Gasteiger partial charge in [-0.2, -0.15) is 0 Å². The van der Waals surface area contributed by atoms with Gasteiger partial charge in [-0.25, -0.2) is 4.79 Å². The quantitative estimate of drug-likeness (QED) is 0.840. The molecule has 1 saturated carbocycles. The van der Waals surface area contributed by atoms with Crippen LogP contribution in [0.5, 0.6) is 0 Å². The molecule has 3 unspecified atom stereocenters. The lowest BCUT2D eigenvalue weighted by molar-refractivity contribution is -0.142. The molecule has 3 atom stereocenters. The highest BCUT2D eigenvalue weighted by Crippen LogP contribution is 2.41. The Balaban J connectivity index is 1.51. The van der Waals surface area contributed by atoms with Crippen LogP contribution in [-0.2, 0) is 4.79 Å². The average Bonchev–Trinajstić information content (AvgIpc) is 3.04. The van der Waals surface area contributed by atoms with Crippen LogP contribution < -0.4 is 5.32 Å². The van der Waals surface area contributed by atoms with Crippen molar-refractivity contribution in [3.05, 3.63) is 0 Å². The molecule has 5 heteroatoms. The van der Waals surface area contributed by atoms with E-state index in [1.165, 1.54) is 25.7 Å². The highest BCUT2D eigenvalue weighted by atomic mass is 16.4. The number of hydrogen-bond acceptors (Lipinski definition) is 2. The van der Waals surface area contributed by atoms with Gasteiger partial charge in [-0.15, -0.1) is 0 Å². The Hall–Kier alpha value is -1.26. The summed E-state index contributed by atoms with van der Waals surface area (Å²) in [6, 6.07) is 0.0197. The molecule has 0 radical (unpaired) electrons. The number of carboxylic acid groups (broad SMARTS) is 1. The Bertz CT molecular complexity index is 418. The largest absolute Gasteiger partial charge is 0.481 e. The first-order chi connectivity index (χ1) is 10.1. The van der Waals surface area contributed by atoms with Crippen molar-refractivity contribution >= 4 is 12.0 Å². The molecule has 3 aliphatic rings. The van der Waals surface area contributed by atoms with E-state index < -0.39 is 5.97 Å². The molecule has 0 aromatic carbocycles. The van der Waals surface area contributed by atoms with Crippen molar-refractivity contribution in [3.8, 4) is 0 Å². The Morgan fingerprint density at radius 1 is 1.14 bits per heavy atom. The number of carbonyl (C=O) groups excluding carboxylic acids is 1. The molecule has 21 heavy (non-hydrogen) atoms. The second-order valence-electron chi connectivity index (χ2n) is 7.20. The molecule has 3 rings (SSSR count). The molecule has 1 aliphatic carbocycles. The van der Waals surface area contributed by atoms with Crippen LogP contribution in [-0.4, -0.2) is 40.6 Å². The van der Waals surface area contributed by atoms with Gasteiger partial charge in [0.2, 0.25) is 0 Å². The summed E-state index contributed by atoms with van der Waals surface area (Å²) in [6.07, 6.45) is 7.36. The van der Waals surface area contributed by atoms with E-state index in [9.17, 15) is 14.7 Å². The van der Waals surface area contributed by atoms with E-state index in [4.69, 9.17) is 0 Å². The van der Waals surface area contributed by atoms with E-state index in [2.05, 4.69) is 12.2 Å². The van der Waals surface area contributed by atoms with Crippen molar-refractivity contribution in [2.45, 2.75) is 64.0 Å². The van der Waals surface area contributed by atoms with E-state index >= 15 is 0 Å². The molecule has 0 spiro atoms. The van der Waals surface area contributed by atoms with Gasteiger partial charge in [0.1, 0.15) is 0 Å². The summed E-state index contributed by atoms with van der Waals surface area (Å²) in [6.45, 7) is 3.04. The van der Waals surface area contributed by atoms with Crippen LogP contribution in [0.3, 0.4) is 0 Å². The van der Waals surface area contributed by atoms with Gasteiger partial charge in [0.05, 0.1) is 5.92 Å². The Morgan fingerprint density at radius 2 is 1.86 bits per heavy atom. The molecule has 0 aromatic heterocycles. The summed E-state index contributed by atoms with van der Waals surface area (Å²) >= 11 is 0. The van der Waals surface area contributed by atoms with Crippen molar-refractivity contribution in [1.29, 1.82) is 0 Å². The van der Waals surface area contributed by atoms with Gasteiger partial charge < -0.3 is 15.3 Å². The number of nitrogens with one attached hydrogen (secondary N) is 1.